The van der Waals surface area contributed by atoms with Crippen molar-refractivity contribution in [1.29, 1.82) is 0 Å². The number of aliphatic hydroxyl groups is 1. The Balaban J connectivity index is 0.000000583. The van der Waals surface area contributed by atoms with Crippen LogP contribution in [0.15, 0.2) is 47.0 Å². The molecule has 3 aliphatic rings. The van der Waals surface area contributed by atoms with Gasteiger partial charge in [0.05, 0.1) is 23.5 Å². The number of carbonyl (C=O) groups is 5. The van der Waals surface area contributed by atoms with Gasteiger partial charge in [-0.05, 0) is 45.4 Å². The van der Waals surface area contributed by atoms with E-state index in [1.54, 1.807) is 51.6 Å². The summed E-state index contributed by atoms with van der Waals surface area (Å²) in [5, 5.41) is 26.0. The number of rotatable bonds is 10. The Morgan fingerprint density at radius 3 is 2.14 bits per heavy atom. The topological polar surface area (TPSA) is 171 Å². The Labute approximate surface area is 258 Å². The number of halogens is 1. The van der Waals surface area contributed by atoms with E-state index in [-0.39, 0.29) is 34.6 Å². The summed E-state index contributed by atoms with van der Waals surface area (Å²) in [5.74, 6) is -5.01. The predicted octanol–water partition coefficient (Wildman–Crippen LogP) is 2.61. The second-order valence-corrected chi connectivity index (χ2v) is 13.1. The molecule has 0 unspecified atom stereocenters. The van der Waals surface area contributed by atoms with Gasteiger partial charge < -0.3 is 29.7 Å². The minimum atomic E-state index is -1.26. The molecule has 240 valence electrons. The highest BCUT2D eigenvalue weighted by molar-refractivity contribution is 8.03. The van der Waals surface area contributed by atoms with Gasteiger partial charge in [-0.15, -0.1) is 11.8 Å². The van der Waals surface area contributed by atoms with Gasteiger partial charge in [-0.3, -0.25) is 14.5 Å². The fourth-order valence-corrected chi connectivity index (χ4v) is 6.56. The first-order valence-corrected chi connectivity index (χ1v) is 14.8. The fourth-order valence-electron chi connectivity index (χ4n) is 4.99. The van der Waals surface area contributed by atoms with Crippen LogP contribution in [0, 0.1) is 23.1 Å². The summed E-state index contributed by atoms with van der Waals surface area (Å²) < 4.78 is 23.5. The normalized spacial score (nSPS) is 22.4. The van der Waals surface area contributed by atoms with E-state index in [9.17, 15) is 33.5 Å². The van der Waals surface area contributed by atoms with E-state index in [0.717, 1.165) is 23.6 Å². The van der Waals surface area contributed by atoms with Crippen molar-refractivity contribution < 1.29 is 53.2 Å². The first-order chi connectivity index (χ1) is 20.5. The van der Waals surface area contributed by atoms with Crippen molar-refractivity contribution in [2.75, 3.05) is 19.9 Å². The molecule has 1 aromatic carbocycles. The summed E-state index contributed by atoms with van der Waals surface area (Å²) >= 11 is 1.56. The van der Waals surface area contributed by atoms with Crippen LogP contribution in [0.1, 0.15) is 40.2 Å². The number of amides is 1. The molecule has 14 heteroatoms. The largest absolute Gasteiger partial charge is 0.478 e. The van der Waals surface area contributed by atoms with Crippen molar-refractivity contribution in [2.45, 2.75) is 58.6 Å². The molecule has 0 aromatic heterocycles. The molecule has 0 saturated carbocycles. The summed E-state index contributed by atoms with van der Waals surface area (Å²) in [7, 11) is 0. The number of carboxylic acids is 2. The molecular weight excluding hydrogens is 599 g/mol. The maximum absolute atomic E-state index is 13.2. The minimum Gasteiger partial charge on any atom is -0.478 e. The van der Waals surface area contributed by atoms with Gasteiger partial charge in [-0.1, -0.05) is 19.1 Å². The van der Waals surface area contributed by atoms with Crippen LogP contribution in [0.3, 0.4) is 0 Å². The third-order valence-corrected chi connectivity index (χ3v) is 8.65. The van der Waals surface area contributed by atoms with E-state index < -0.39 is 48.1 Å². The number of hydrogen-bond donors (Lipinski definition) is 3. The van der Waals surface area contributed by atoms with Crippen molar-refractivity contribution in [3.05, 3.63) is 58.4 Å². The Hall–Kier alpha value is -3.75. The number of carbonyl (C=O) groups excluding carboxylic acids is 3. The van der Waals surface area contributed by atoms with E-state index >= 15 is 0 Å². The third kappa shape index (κ3) is 8.45. The van der Waals surface area contributed by atoms with E-state index in [2.05, 4.69) is 4.90 Å². The number of β-lactam (4-membered cyclic amide) rings is 1. The number of hydrogen-bond acceptors (Lipinski definition) is 10. The Bertz CT molecular complexity index is 1320. The quantitative estimate of drug-likeness (QED) is 0.149. The smallest absolute Gasteiger partial charge is 0.358 e. The molecule has 3 heterocycles. The zero-order chi connectivity index (χ0) is 32.9. The standard InChI is InChI=1S/C26H33FN2O6S.C4H4O4/c1-14-20-19(15(2)30)23(31)29(20)21(24(32)34-13-35-25(33)26(3,4)5)22(14)36-18-11-28(12-18)10-16-6-8-17(27)9-7-16;5-3(6)1-2-4(7)8/h6-9,14-15,18-20,30H,10-13H2,1-5H3;1-2H,(H,5,6)(H,7,8)/b;2-1+/t14-,15-,19-,20-;/m1./s1. The van der Waals surface area contributed by atoms with Crippen molar-refractivity contribution in [3.63, 3.8) is 0 Å². The minimum absolute atomic E-state index is 0.141. The van der Waals surface area contributed by atoms with Gasteiger partial charge in [-0.2, -0.15) is 0 Å². The van der Waals surface area contributed by atoms with Gasteiger partial charge in [0.2, 0.25) is 12.7 Å². The average molecular weight is 637 g/mol. The van der Waals surface area contributed by atoms with Gasteiger partial charge in [0, 0.05) is 47.9 Å². The molecule has 4 rings (SSSR count). The maximum Gasteiger partial charge on any atom is 0.358 e. The maximum atomic E-state index is 13.2. The highest BCUT2D eigenvalue weighted by Crippen LogP contribution is 2.52. The molecule has 1 amide bonds. The number of aliphatic hydroxyl groups excluding tert-OH is 1. The van der Waals surface area contributed by atoms with Crippen molar-refractivity contribution in [1.82, 2.24) is 9.80 Å². The molecule has 1 aromatic rings. The summed E-state index contributed by atoms with van der Waals surface area (Å²) in [6.45, 7) is 10.4. The molecule has 3 aliphatic heterocycles. The second kappa shape index (κ2) is 14.4. The summed E-state index contributed by atoms with van der Waals surface area (Å²) in [5.41, 5.74) is 0.474. The van der Waals surface area contributed by atoms with Crippen molar-refractivity contribution in [2.24, 2.45) is 17.3 Å². The van der Waals surface area contributed by atoms with Crippen LogP contribution in [0.4, 0.5) is 4.39 Å². The summed E-state index contributed by atoms with van der Waals surface area (Å²) in [4.78, 5) is 61.5. The number of esters is 2. The lowest BCUT2D eigenvalue weighted by atomic mass is 9.79. The first kappa shape index (κ1) is 34.7. The molecule has 0 spiro atoms. The zero-order valence-electron chi connectivity index (χ0n) is 25.1. The molecule has 44 heavy (non-hydrogen) atoms. The predicted molar refractivity (Wildman–Crippen MR) is 156 cm³/mol. The van der Waals surface area contributed by atoms with Crippen LogP contribution >= 0.6 is 11.8 Å². The monoisotopic (exact) mass is 636 g/mol. The van der Waals surface area contributed by atoms with Gasteiger partial charge in [0.15, 0.2) is 0 Å². The second-order valence-electron chi connectivity index (χ2n) is 11.8. The molecule has 3 N–H and O–H groups in total. The number of aliphatic carboxylic acids is 2. The molecule has 0 radical (unpaired) electrons. The van der Waals surface area contributed by atoms with Crippen LogP contribution in [0.5, 0.6) is 0 Å². The number of thioether (sulfide) groups is 1. The van der Waals surface area contributed by atoms with Crippen LogP contribution in [0.2, 0.25) is 0 Å². The zero-order valence-corrected chi connectivity index (χ0v) is 25.9. The van der Waals surface area contributed by atoms with Gasteiger partial charge in [0.1, 0.15) is 11.5 Å². The summed E-state index contributed by atoms with van der Waals surface area (Å²) in [6.07, 6.45) is 0.287. The highest BCUT2D eigenvalue weighted by Gasteiger charge is 2.60. The first-order valence-electron chi connectivity index (χ1n) is 13.9. The number of benzene rings is 1. The third-order valence-electron chi connectivity index (χ3n) is 7.20. The Morgan fingerprint density at radius 1 is 1.07 bits per heavy atom. The molecule has 2 fully saturated rings. The number of fused-ring (bicyclic) bond motifs is 1. The van der Waals surface area contributed by atoms with Crippen molar-refractivity contribution >= 4 is 41.5 Å². The van der Waals surface area contributed by atoms with Crippen LogP contribution in [-0.4, -0.2) is 92.2 Å². The Kier molecular flexibility index (Phi) is 11.3. The van der Waals surface area contributed by atoms with E-state index in [0.29, 0.717) is 18.7 Å². The van der Waals surface area contributed by atoms with Gasteiger partial charge in [0.25, 0.3) is 0 Å². The molecule has 12 nitrogen and oxygen atoms in total. The van der Waals surface area contributed by atoms with Crippen LogP contribution < -0.4 is 0 Å². The summed E-state index contributed by atoms with van der Waals surface area (Å²) in [6, 6.07) is 6.12. The van der Waals surface area contributed by atoms with Gasteiger partial charge in [-0.25, -0.2) is 18.8 Å². The molecular formula is C30H37FN2O10S. The lowest BCUT2D eigenvalue weighted by Gasteiger charge is -2.46. The SMILES string of the molecule is C[C@@H](O)[C@H]1C(=O)N2C(C(=O)OCOC(=O)C(C)(C)C)=C(SC3CN(Cc4ccc(F)cc4)C3)[C@H](C)[C@H]12.O=C(O)/C=C/C(=O)O. The number of ether oxygens (including phenoxy) is 2. The fraction of sp³-hybridized carbons (Fsp3) is 0.500. The number of likely N-dealkylation sites (tertiary alicyclic amines) is 1. The van der Waals surface area contributed by atoms with Crippen LogP contribution in [-0.2, 0) is 40.0 Å². The molecule has 2 saturated heterocycles. The van der Waals surface area contributed by atoms with E-state index in [1.165, 1.54) is 17.0 Å². The number of carboxylic acid groups (broad SMARTS) is 2. The van der Waals surface area contributed by atoms with Crippen LogP contribution in [0.25, 0.3) is 0 Å². The number of nitrogens with zero attached hydrogens (tertiary/aromatic N) is 2. The Morgan fingerprint density at radius 2 is 1.64 bits per heavy atom. The average Bonchev–Trinajstić information content (AvgIpc) is 3.14. The lowest BCUT2D eigenvalue weighted by molar-refractivity contribution is -0.175. The van der Waals surface area contributed by atoms with Gasteiger partial charge >= 0.3 is 23.9 Å². The molecule has 0 aliphatic carbocycles. The van der Waals surface area contributed by atoms with Crippen molar-refractivity contribution in [3.8, 4) is 0 Å². The highest BCUT2D eigenvalue weighted by atomic mass is 32.2. The molecule has 0 bridgehead atoms. The van der Waals surface area contributed by atoms with E-state index in [1.807, 2.05) is 6.92 Å². The van der Waals surface area contributed by atoms with E-state index in [4.69, 9.17) is 19.7 Å². The lowest BCUT2D eigenvalue weighted by Crippen LogP contribution is -2.63. The molecule has 4 atom stereocenters.